The zero-order chi connectivity index (χ0) is 24.4. The van der Waals surface area contributed by atoms with Crippen LogP contribution >= 0.6 is 0 Å². The third kappa shape index (κ3) is 4.59. The van der Waals surface area contributed by atoms with Crippen LogP contribution in [-0.2, 0) is 11.2 Å². The summed E-state index contributed by atoms with van der Waals surface area (Å²) in [6, 6.07) is 13.7. The molecule has 0 aliphatic carbocycles. The third-order valence-electron chi connectivity index (χ3n) is 5.78. The van der Waals surface area contributed by atoms with Crippen LogP contribution in [0, 0.1) is 0 Å². The van der Waals surface area contributed by atoms with E-state index >= 15 is 0 Å². The standard InChI is InChI=1S/C27H24N6O2/c1-17(2)33-15-24(23-14-29-16-31-27(23)33)26(35)20-9-22(13-28-11-20)32-25(34)10-21-8-19(12-30-21)18-6-4-3-5-7-18/h3-9,11-17,30H,10H2,1-2H3,(H,32,34). The smallest absolute Gasteiger partial charge is 0.230 e. The van der Waals surface area contributed by atoms with Crippen molar-refractivity contribution in [2.45, 2.75) is 26.3 Å². The fraction of sp³-hybridized carbons (Fsp3) is 0.148. The Kier molecular flexibility index (Phi) is 5.93. The monoisotopic (exact) mass is 464 g/mol. The molecule has 4 heterocycles. The van der Waals surface area contributed by atoms with E-state index in [0.717, 1.165) is 16.8 Å². The van der Waals surface area contributed by atoms with Crippen molar-refractivity contribution in [3.8, 4) is 11.1 Å². The molecule has 0 aliphatic heterocycles. The van der Waals surface area contributed by atoms with Crippen molar-refractivity contribution in [1.29, 1.82) is 0 Å². The van der Waals surface area contributed by atoms with Crippen molar-refractivity contribution in [2.24, 2.45) is 0 Å². The fourth-order valence-electron chi connectivity index (χ4n) is 4.07. The molecule has 174 valence electrons. The molecule has 0 atom stereocenters. The number of ketones is 1. The van der Waals surface area contributed by atoms with Gasteiger partial charge >= 0.3 is 0 Å². The van der Waals surface area contributed by atoms with Crippen molar-refractivity contribution in [2.75, 3.05) is 5.32 Å². The van der Waals surface area contributed by atoms with E-state index in [9.17, 15) is 9.59 Å². The SMILES string of the molecule is CC(C)n1cc(C(=O)c2cncc(NC(=O)Cc3cc(-c4ccccc4)c[nH]3)c2)c2cncnc21. The molecule has 0 aliphatic rings. The number of aromatic nitrogens is 5. The molecular formula is C27H24N6O2. The zero-order valence-electron chi connectivity index (χ0n) is 19.4. The molecule has 0 radical (unpaired) electrons. The van der Waals surface area contributed by atoms with Gasteiger partial charge in [-0.25, -0.2) is 9.97 Å². The number of carbonyl (C=O) groups excluding carboxylic acids is 2. The number of carbonyl (C=O) groups is 2. The first kappa shape index (κ1) is 22.2. The lowest BCUT2D eigenvalue weighted by Crippen LogP contribution is -2.15. The van der Waals surface area contributed by atoms with E-state index in [1.54, 1.807) is 18.5 Å². The van der Waals surface area contributed by atoms with Crippen LogP contribution in [0.2, 0.25) is 0 Å². The van der Waals surface area contributed by atoms with Gasteiger partial charge in [0.15, 0.2) is 5.78 Å². The van der Waals surface area contributed by atoms with E-state index in [-0.39, 0.29) is 24.2 Å². The fourth-order valence-corrected chi connectivity index (χ4v) is 4.07. The van der Waals surface area contributed by atoms with Gasteiger partial charge in [-0.3, -0.25) is 14.6 Å². The highest BCUT2D eigenvalue weighted by Crippen LogP contribution is 2.25. The van der Waals surface area contributed by atoms with E-state index < -0.39 is 0 Å². The zero-order valence-corrected chi connectivity index (χ0v) is 19.4. The second-order valence-electron chi connectivity index (χ2n) is 8.60. The Bertz CT molecular complexity index is 1520. The van der Waals surface area contributed by atoms with Crippen LogP contribution in [0.25, 0.3) is 22.2 Å². The Morgan fingerprint density at radius 3 is 2.66 bits per heavy atom. The summed E-state index contributed by atoms with van der Waals surface area (Å²) in [7, 11) is 0. The van der Waals surface area contributed by atoms with E-state index in [1.165, 1.54) is 18.7 Å². The Morgan fingerprint density at radius 2 is 1.86 bits per heavy atom. The Balaban J connectivity index is 1.33. The number of nitrogens with one attached hydrogen (secondary N) is 2. The number of anilines is 1. The number of nitrogens with zero attached hydrogens (tertiary/aromatic N) is 4. The predicted molar refractivity (Wildman–Crippen MR) is 134 cm³/mol. The van der Waals surface area contributed by atoms with Crippen LogP contribution in [-0.4, -0.2) is 36.2 Å². The highest BCUT2D eigenvalue weighted by molar-refractivity contribution is 6.16. The average molecular weight is 465 g/mol. The molecule has 5 rings (SSSR count). The average Bonchev–Trinajstić information content (AvgIpc) is 3.49. The van der Waals surface area contributed by atoms with Crippen molar-refractivity contribution in [3.05, 3.63) is 96.6 Å². The van der Waals surface area contributed by atoms with Gasteiger partial charge in [0.25, 0.3) is 0 Å². The Morgan fingerprint density at radius 1 is 1.03 bits per heavy atom. The van der Waals surface area contributed by atoms with E-state index in [1.807, 2.05) is 61.0 Å². The number of hydrogen-bond acceptors (Lipinski definition) is 5. The van der Waals surface area contributed by atoms with E-state index in [2.05, 4.69) is 25.3 Å². The van der Waals surface area contributed by atoms with Crippen LogP contribution < -0.4 is 5.32 Å². The molecule has 0 saturated carbocycles. The van der Waals surface area contributed by atoms with Crippen molar-refractivity contribution in [1.82, 2.24) is 24.5 Å². The molecule has 1 amide bonds. The number of benzene rings is 1. The summed E-state index contributed by atoms with van der Waals surface area (Å²) < 4.78 is 1.95. The lowest BCUT2D eigenvalue weighted by Gasteiger charge is -2.07. The topological polar surface area (TPSA) is 106 Å². The summed E-state index contributed by atoms with van der Waals surface area (Å²) in [5.41, 5.74) is 4.93. The number of hydrogen-bond donors (Lipinski definition) is 2. The van der Waals surface area contributed by atoms with Gasteiger partial charge in [0, 0.05) is 47.5 Å². The van der Waals surface area contributed by atoms with Gasteiger partial charge in [0.05, 0.1) is 23.9 Å². The largest absolute Gasteiger partial charge is 0.364 e. The molecule has 2 N–H and O–H groups in total. The predicted octanol–water partition coefficient (Wildman–Crippen LogP) is 4.81. The van der Waals surface area contributed by atoms with E-state index in [4.69, 9.17) is 0 Å². The van der Waals surface area contributed by atoms with Crippen molar-refractivity contribution >= 4 is 28.4 Å². The highest BCUT2D eigenvalue weighted by Gasteiger charge is 2.20. The molecule has 0 spiro atoms. The quantitative estimate of drug-likeness (QED) is 0.336. The Hall–Kier alpha value is -4.59. The maximum absolute atomic E-state index is 13.3. The highest BCUT2D eigenvalue weighted by atomic mass is 16.1. The van der Waals surface area contributed by atoms with Gasteiger partial charge in [-0.05, 0) is 37.1 Å². The normalized spacial score (nSPS) is 11.2. The van der Waals surface area contributed by atoms with E-state index in [0.29, 0.717) is 27.8 Å². The summed E-state index contributed by atoms with van der Waals surface area (Å²) in [4.78, 5) is 41.8. The molecule has 0 saturated heterocycles. The van der Waals surface area contributed by atoms with Gasteiger partial charge in [0.1, 0.15) is 12.0 Å². The summed E-state index contributed by atoms with van der Waals surface area (Å²) in [5, 5.41) is 3.53. The summed E-state index contributed by atoms with van der Waals surface area (Å²) in [6.07, 6.45) is 10.00. The summed E-state index contributed by atoms with van der Waals surface area (Å²) in [5.74, 6) is -0.410. The molecule has 5 aromatic rings. The number of pyridine rings is 1. The molecule has 0 unspecified atom stereocenters. The molecule has 8 nitrogen and oxygen atoms in total. The minimum atomic E-state index is -0.206. The van der Waals surface area contributed by atoms with Crippen molar-refractivity contribution < 1.29 is 9.59 Å². The number of H-pyrrole nitrogens is 1. The second kappa shape index (κ2) is 9.34. The van der Waals surface area contributed by atoms with Gasteiger partial charge in [0.2, 0.25) is 5.91 Å². The lowest BCUT2D eigenvalue weighted by molar-refractivity contribution is -0.115. The summed E-state index contributed by atoms with van der Waals surface area (Å²) in [6.45, 7) is 4.06. The molecule has 4 aromatic heterocycles. The first-order valence-corrected chi connectivity index (χ1v) is 11.3. The van der Waals surface area contributed by atoms with Crippen LogP contribution in [0.15, 0.2) is 79.8 Å². The molecule has 0 bridgehead atoms. The van der Waals surface area contributed by atoms with Crippen LogP contribution in [0.1, 0.15) is 41.5 Å². The number of rotatable bonds is 7. The first-order valence-electron chi connectivity index (χ1n) is 11.3. The van der Waals surface area contributed by atoms with Crippen LogP contribution in [0.5, 0.6) is 0 Å². The Labute approximate surface area is 202 Å². The molecular weight excluding hydrogens is 440 g/mol. The molecule has 0 fully saturated rings. The summed E-state index contributed by atoms with van der Waals surface area (Å²) >= 11 is 0. The van der Waals surface area contributed by atoms with Gasteiger partial charge in [-0.2, -0.15) is 0 Å². The third-order valence-corrected chi connectivity index (χ3v) is 5.78. The van der Waals surface area contributed by atoms with Crippen LogP contribution in [0.3, 0.4) is 0 Å². The second-order valence-corrected chi connectivity index (χ2v) is 8.60. The maximum atomic E-state index is 13.3. The minimum absolute atomic E-state index is 0.132. The van der Waals surface area contributed by atoms with Crippen LogP contribution in [0.4, 0.5) is 5.69 Å². The van der Waals surface area contributed by atoms with Gasteiger partial charge in [-0.1, -0.05) is 30.3 Å². The first-order chi connectivity index (χ1) is 17.0. The van der Waals surface area contributed by atoms with Crippen molar-refractivity contribution in [3.63, 3.8) is 0 Å². The molecule has 8 heteroatoms. The maximum Gasteiger partial charge on any atom is 0.230 e. The molecule has 35 heavy (non-hydrogen) atoms. The van der Waals surface area contributed by atoms with Gasteiger partial charge in [-0.15, -0.1) is 0 Å². The number of aromatic amines is 1. The molecule has 1 aromatic carbocycles. The number of fused-ring (bicyclic) bond motifs is 1. The van der Waals surface area contributed by atoms with Gasteiger partial charge < -0.3 is 14.9 Å². The lowest BCUT2D eigenvalue weighted by atomic mass is 10.1. The number of amides is 1. The minimum Gasteiger partial charge on any atom is -0.364 e.